The Morgan fingerprint density at radius 1 is 0.642 bits per heavy atom. The Kier molecular flexibility index (Phi) is 11.0. The van der Waals surface area contributed by atoms with E-state index in [0.717, 1.165) is 79.1 Å². The standard InChI is InChI=1S/C28H30O6Si.C13H14N2O2Si/c1-18-11-20(15-25(29)31-3)13-22-17-23-14-21(16-26(30)32-4)12-19(2)28(23)34-35(5,33-27(18)22)24-9-7-6-8-10-24;1-18(2)16-12-3-5-14-8-10(12)7-11-9-15-6-4-13(11)17-18/h6-14H,15-17H2,1-5H3;3-6,8-9H,7H2,1-2H3. The minimum atomic E-state index is -2.96. The summed E-state index contributed by atoms with van der Waals surface area (Å²) in [6.07, 6.45) is 8.83. The summed E-state index contributed by atoms with van der Waals surface area (Å²) >= 11 is 0. The highest BCUT2D eigenvalue weighted by atomic mass is 28.4. The number of nitrogens with zero attached hydrogens (tertiary/aromatic N) is 2. The van der Waals surface area contributed by atoms with Gasteiger partial charge in [0.05, 0.1) is 27.1 Å². The van der Waals surface area contributed by atoms with Crippen LogP contribution >= 0.6 is 0 Å². The zero-order valence-corrected chi connectivity index (χ0v) is 33.1. The first kappa shape index (κ1) is 37.3. The van der Waals surface area contributed by atoms with Gasteiger partial charge in [0, 0.05) is 73.6 Å². The van der Waals surface area contributed by atoms with Crippen molar-refractivity contribution < 1.29 is 36.8 Å². The van der Waals surface area contributed by atoms with Gasteiger partial charge >= 0.3 is 29.1 Å². The van der Waals surface area contributed by atoms with E-state index >= 15 is 0 Å². The van der Waals surface area contributed by atoms with Gasteiger partial charge in [-0.1, -0.05) is 54.6 Å². The number of fused-ring (bicyclic) bond motifs is 4. The maximum atomic E-state index is 12.0. The molecule has 7 rings (SSSR count). The molecule has 12 heteroatoms. The molecule has 0 N–H and O–H groups in total. The highest BCUT2D eigenvalue weighted by Crippen LogP contribution is 2.38. The van der Waals surface area contributed by atoms with Crippen LogP contribution in [0.4, 0.5) is 0 Å². The van der Waals surface area contributed by atoms with Gasteiger partial charge in [-0.05, 0) is 59.4 Å². The van der Waals surface area contributed by atoms with Crippen molar-refractivity contribution in [2.75, 3.05) is 14.2 Å². The fourth-order valence-electron chi connectivity index (χ4n) is 6.62. The number of aromatic nitrogens is 2. The molecule has 0 fully saturated rings. The Bertz CT molecular complexity index is 2020. The van der Waals surface area contributed by atoms with Crippen LogP contribution in [0, 0.1) is 13.8 Å². The summed E-state index contributed by atoms with van der Waals surface area (Å²) in [7, 11) is -2.41. The van der Waals surface area contributed by atoms with Gasteiger partial charge in [0.25, 0.3) is 0 Å². The number of rotatable bonds is 5. The maximum absolute atomic E-state index is 12.0. The first-order chi connectivity index (χ1) is 25.4. The van der Waals surface area contributed by atoms with Crippen molar-refractivity contribution in [2.24, 2.45) is 0 Å². The van der Waals surface area contributed by atoms with Crippen molar-refractivity contribution in [2.45, 2.75) is 59.2 Å². The number of carbonyl (C=O) groups is 2. The summed E-state index contributed by atoms with van der Waals surface area (Å²) in [6, 6.07) is 21.8. The fraction of sp³-hybridized carbons (Fsp3) is 0.268. The molecule has 2 aliphatic rings. The monoisotopic (exact) mass is 748 g/mol. The van der Waals surface area contributed by atoms with Gasteiger partial charge in [-0.2, -0.15) is 0 Å². The quantitative estimate of drug-likeness (QED) is 0.144. The van der Waals surface area contributed by atoms with Gasteiger partial charge in [-0.15, -0.1) is 0 Å². The molecule has 10 nitrogen and oxygen atoms in total. The second kappa shape index (κ2) is 15.6. The predicted octanol–water partition coefficient (Wildman–Crippen LogP) is 6.62. The number of carbonyl (C=O) groups excluding carboxylic acids is 2. The van der Waals surface area contributed by atoms with E-state index in [-0.39, 0.29) is 24.8 Å². The Hall–Kier alpha value is -5.47. The van der Waals surface area contributed by atoms with Crippen molar-refractivity contribution in [3.05, 3.63) is 136 Å². The van der Waals surface area contributed by atoms with Gasteiger partial charge in [-0.25, -0.2) is 0 Å². The fourth-order valence-corrected chi connectivity index (χ4v) is 10.6. The van der Waals surface area contributed by atoms with Crippen LogP contribution in [0.3, 0.4) is 0 Å². The number of hydrogen-bond acceptors (Lipinski definition) is 10. The first-order valence-corrected chi connectivity index (χ1v) is 22.6. The van der Waals surface area contributed by atoms with Crippen LogP contribution in [-0.4, -0.2) is 53.2 Å². The molecule has 274 valence electrons. The third-order valence-electron chi connectivity index (χ3n) is 9.06. The lowest BCUT2D eigenvalue weighted by Gasteiger charge is -2.34. The van der Waals surface area contributed by atoms with Crippen molar-refractivity contribution in [1.29, 1.82) is 0 Å². The lowest BCUT2D eigenvalue weighted by atomic mass is 9.94. The summed E-state index contributed by atoms with van der Waals surface area (Å²) in [5.41, 5.74) is 7.70. The van der Waals surface area contributed by atoms with E-state index in [0.29, 0.717) is 6.42 Å². The van der Waals surface area contributed by atoms with Crippen LogP contribution in [0.5, 0.6) is 23.0 Å². The number of methoxy groups -OCH3 is 2. The van der Waals surface area contributed by atoms with Gasteiger partial charge in [0.15, 0.2) is 0 Å². The second-order valence-electron chi connectivity index (χ2n) is 13.7. The van der Waals surface area contributed by atoms with E-state index in [9.17, 15) is 9.59 Å². The normalized spacial score (nSPS) is 14.6. The third kappa shape index (κ3) is 8.78. The molecule has 4 heterocycles. The lowest BCUT2D eigenvalue weighted by molar-refractivity contribution is -0.140. The van der Waals surface area contributed by atoms with E-state index in [1.165, 1.54) is 14.2 Å². The molecule has 5 aromatic rings. The van der Waals surface area contributed by atoms with Crippen LogP contribution < -0.4 is 22.9 Å². The van der Waals surface area contributed by atoms with Crippen molar-refractivity contribution >= 4 is 34.2 Å². The summed E-state index contributed by atoms with van der Waals surface area (Å²) in [4.78, 5) is 32.3. The van der Waals surface area contributed by atoms with Crippen molar-refractivity contribution in [1.82, 2.24) is 9.97 Å². The lowest BCUT2D eigenvalue weighted by Crippen LogP contribution is -2.57. The molecule has 0 saturated heterocycles. The highest BCUT2D eigenvalue weighted by Gasteiger charge is 2.42. The molecule has 0 spiro atoms. The molecule has 2 aromatic heterocycles. The highest BCUT2D eigenvalue weighted by molar-refractivity contribution is 6.81. The minimum Gasteiger partial charge on any atom is -0.512 e. The van der Waals surface area contributed by atoms with Crippen LogP contribution in [-0.2, 0) is 44.7 Å². The Labute approximate surface area is 312 Å². The Morgan fingerprint density at radius 3 is 1.55 bits per heavy atom. The van der Waals surface area contributed by atoms with Gasteiger partial charge in [0.2, 0.25) is 0 Å². The second-order valence-corrected chi connectivity index (χ2v) is 19.8. The van der Waals surface area contributed by atoms with E-state index in [2.05, 4.69) is 9.97 Å². The summed E-state index contributed by atoms with van der Waals surface area (Å²) in [5, 5.41) is 1.01. The zero-order valence-electron chi connectivity index (χ0n) is 31.1. The Morgan fingerprint density at radius 2 is 1.09 bits per heavy atom. The van der Waals surface area contributed by atoms with E-state index < -0.39 is 17.1 Å². The third-order valence-corrected chi connectivity index (χ3v) is 13.1. The Balaban J connectivity index is 0.000000222. The van der Waals surface area contributed by atoms with Crippen LogP contribution in [0.15, 0.2) is 91.5 Å². The predicted molar refractivity (Wildman–Crippen MR) is 206 cm³/mol. The largest absolute Gasteiger partial charge is 0.512 e. The summed E-state index contributed by atoms with van der Waals surface area (Å²) in [5.74, 6) is 2.71. The van der Waals surface area contributed by atoms with Crippen LogP contribution in [0.1, 0.15) is 44.5 Å². The number of hydrogen-bond donors (Lipinski definition) is 0. The molecule has 0 bridgehead atoms. The van der Waals surface area contributed by atoms with E-state index in [4.69, 9.17) is 27.2 Å². The number of benzene rings is 3. The minimum absolute atomic E-state index is 0.183. The molecule has 0 atom stereocenters. The topological polar surface area (TPSA) is 115 Å². The van der Waals surface area contributed by atoms with Crippen LogP contribution in [0.2, 0.25) is 19.6 Å². The molecule has 0 amide bonds. The van der Waals surface area contributed by atoms with Crippen LogP contribution in [0.25, 0.3) is 0 Å². The zero-order chi connectivity index (χ0) is 37.8. The molecule has 2 aliphatic heterocycles. The molecule has 0 aliphatic carbocycles. The first-order valence-electron chi connectivity index (χ1n) is 17.4. The molecule has 3 aromatic carbocycles. The summed E-state index contributed by atoms with van der Waals surface area (Å²) < 4.78 is 35.4. The van der Waals surface area contributed by atoms with E-state index in [1.54, 1.807) is 12.4 Å². The van der Waals surface area contributed by atoms with Gasteiger partial charge in [-0.3, -0.25) is 19.6 Å². The smallest absolute Gasteiger partial charge is 0.492 e. The number of esters is 2. The number of ether oxygens (including phenoxy) is 2. The number of pyridine rings is 2. The van der Waals surface area contributed by atoms with Gasteiger partial charge in [0.1, 0.15) is 23.0 Å². The van der Waals surface area contributed by atoms with Gasteiger partial charge < -0.3 is 27.2 Å². The average Bonchev–Trinajstić information content (AvgIpc) is 3.12. The van der Waals surface area contributed by atoms with E-state index in [1.807, 2.05) is 113 Å². The molecule has 53 heavy (non-hydrogen) atoms. The molecule has 0 radical (unpaired) electrons. The van der Waals surface area contributed by atoms with Crippen molar-refractivity contribution in [3.63, 3.8) is 0 Å². The maximum Gasteiger partial charge on any atom is 0.492 e. The molecule has 0 unspecified atom stereocenters. The number of aryl methyl sites for hydroxylation is 2. The SMILES string of the molecule is COC(=O)Cc1cc(C)c2c(c1)Cc1cc(CC(=O)OC)cc(C)c1O[Si](C)(c1ccccc1)O2.C[Si]1(C)Oc2ccncc2Cc2cnccc2O1. The average molecular weight is 749 g/mol. The summed E-state index contributed by atoms with van der Waals surface area (Å²) in [6.45, 7) is 10.1. The molecule has 0 saturated carbocycles. The molecular formula is C41H44N2O8Si2. The molecular weight excluding hydrogens is 705 g/mol. The van der Waals surface area contributed by atoms with Crippen molar-refractivity contribution in [3.8, 4) is 23.0 Å².